The van der Waals surface area contributed by atoms with E-state index in [1.54, 1.807) is 17.0 Å². The Morgan fingerprint density at radius 1 is 0.903 bits per heavy atom. The Hall–Kier alpha value is -3.03. The van der Waals surface area contributed by atoms with Gasteiger partial charge in [0.1, 0.15) is 5.82 Å². The lowest BCUT2D eigenvalue weighted by molar-refractivity contribution is 0.0772. The van der Waals surface area contributed by atoms with Gasteiger partial charge in [-0.3, -0.25) is 4.79 Å². The summed E-state index contributed by atoms with van der Waals surface area (Å²) in [6.07, 6.45) is 0. The molecule has 0 aromatic heterocycles. The van der Waals surface area contributed by atoms with E-state index in [1.165, 1.54) is 30.3 Å². The van der Waals surface area contributed by atoms with Crippen LogP contribution < -0.4 is 4.72 Å². The zero-order chi connectivity index (χ0) is 22.4. The number of rotatable bonds is 8. The van der Waals surface area contributed by atoms with Crippen LogP contribution >= 0.6 is 0 Å². The van der Waals surface area contributed by atoms with Crippen LogP contribution in [0, 0.1) is 5.82 Å². The fourth-order valence-electron chi connectivity index (χ4n) is 3.29. The van der Waals surface area contributed by atoms with Crippen molar-refractivity contribution in [3.63, 3.8) is 0 Å². The molecular weight excluding hydrogens is 415 g/mol. The highest BCUT2D eigenvalue weighted by atomic mass is 32.2. The quantitative estimate of drug-likeness (QED) is 0.563. The van der Waals surface area contributed by atoms with Crippen molar-refractivity contribution in [1.82, 2.24) is 9.62 Å². The van der Waals surface area contributed by atoms with E-state index in [0.29, 0.717) is 18.7 Å². The molecule has 3 aromatic carbocycles. The second-order valence-electron chi connectivity index (χ2n) is 7.04. The smallest absolute Gasteiger partial charge is 0.253 e. The molecule has 0 unspecified atom stereocenters. The standard InChI is InChI=1S/C24H25FN2O3S/c1-3-27(4-2)24(28)21-14-18(15-22(25)16-21)17-26-31(29,30)23-12-10-20(11-13-23)19-8-6-5-7-9-19/h5-16,26H,3-4,17H2,1-2H3. The number of amides is 1. The predicted octanol–water partition coefficient (Wildman–Crippen LogP) is 4.45. The number of carbonyl (C=O) groups excluding carboxylic acids is 1. The fraction of sp³-hybridized carbons (Fsp3) is 0.208. The van der Waals surface area contributed by atoms with Crippen LogP contribution in [0.5, 0.6) is 0 Å². The highest BCUT2D eigenvalue weighted by Crippen LogP contribution is 2.21. The lowest BCUT2D eigenvalue weighted by Crippen LogP contribution is -2.30. The first-order valence-corrected chi connectivity index (χ1v) is 11.6. The Bertz CT molecular complexity index is 1140. The number of sulfonamides is 1. The minimum atomic E-state index is -3.80. The van der Waals surface area contributed by atoms with Gasteiger partial charge in [0.25, 0.3) is 5.91 Å². The molecule has 3 rings (SSSR count). The summed E-state index contributed by atoms with van der Waals surface area (Å²) in [5.41, 5.74) is 2.47. The first-order chi connectivity index (χ1) is 14.8. The highest BCUT2D eigenvalue weighted by Gasteiger charge is 2.17. The zero-order valence-electron chi connectivity index (χ0n) is 17.5. The summed E-state index contributed by atoms with van der Waals surface area (Å²) in [5, 5.41) is 0. The highest BCUT2D eigenvalue weighted by molar-refractivity contribution is 7.89. The third-order valence-corrected chi connectivity index (χ3v) is 6.41. The van der Waals surface area contributed by atoms with E-state index in [2.05, 4.69) is 4.72 Å². The van der Waals surface area contributed by atoms with Crippen LogP contribution in [0.1, 0.15) is 29.8 Å². The molecule has 0 heterocycles. The molecule has 1 N–H and O–H groups in total. The molecule has 31 heavy (non-hydrogen) atoms. The van der Waals surface area contributed by atoms with Gasteiger partial charge in [0.2, 0.25) is 10.0 Å². The summed E-state index contributed by atoms with van der Waals surface area (Å²) in [7, 11) is -3.80. The molecule has 1 amide bonds. The second kappa shape index (κ2) is 9.85. The van der Waals surface area contributed by atoms with Gasteiger partial charge in [0.15, 0.2) is 0 Å². The minimum absolute atomic E-state index is 0.114. The first kappa shape index (κ1) is 22.7. The van der Waals surface area contributed by atoms with Crippen molar-refractivity contribution in [2.24, 2.45) is 0 Å². The van der Waals surface area contributed by atoms with Gasteiger partial charge < -0.3 is 4.90 Å². The molecule has 0 saturated heterocycles. The van der Waals surface area contributed by atoms with Crippen molar-refractivity contribution in [2.45, 2.75) is 25.3 Å². The Morgan fingerprint density at radius 2 is 1.52 bits per heavy atom. The third kappa shape index (κ3) is 5.57. The third-order valence-electron chi connectivity index (χ3n) is 4.99. The number of hydrogen-bond acceptors (Lipinski definition) is 3. The van der Waals surface area contributed by atoms with Gasteiger partial charge in [-0.15, -0.1) is 0 Å². The number of hydrogen-bond donors (Lipinski definition) is 1. The maximum absolute atomic E-state index is 14.1. The van der Waals surface area contributed by atoms with Gasteiger partial charge in [-0.05, 0) is 60.9 Å². The SMILES string of the molecule is CCN(CC)C(=O)c1cc(F)cc(CNS(=O)(=O)c2ccc(-c3ccccc3)cc2)c1. The van der Waals surface area contributed by atoms with Crippen LogP contribution in [-0.4, -0.2) is 32.3 Å². The summed E-state index contributed by atoms with van der Waals surface area (Å²) in [6.45, 7) is 4.58. The molecule has 0 atom stereocenters. The normalized spacial score (nSPS) is 11.3. The number of benzene rings is 3. The van der Waals surface area contributed by atoms with Gasteiger partial charge >= 0.3 is 0 Å². The molecule has 0 spiro atoms. The van der Waals surface area contributed by atoms with Crippen molar-refractivity contribution in [3.05, 3.63) is 89.7 Å². The molecular formula is C24H25FN2O3S. The lowest BCUT2D eigenvalue weighted by Gasteiger charge is -2.19. The monoisotopic (exact) mass is 440 g/mol. The summed E-state index contributed by atoms with van der Waals surface area (Å²) >= 11 is 0. The van der Waals surface area contributed by atoms with Crippen LogP contribution in [0.4, 0.5) is 4.39 Å². The van der Waals surface area contributed by atoms with Crippen molar-refractivity contribution in [1.29, 1.82) is 0 Å². The van der Waals surface area contributed by atoms with Crippen LogP contribution in [0.25, 0.3) is 11.1 Å². The average molecular weight is 441 g/mol. The molecule has 162 valence electrons. The van der Waals surface area contributed by atoms with Gasteiger partial charge in [-0.1, -0.05) is 42.5 Å². The van der Waals surface area contributed by atoms with Crippen molar-refractivity contribution in [3.8, 4) is 11.1 Å². The van der Waals surface area contributed by atoms with E-state index < -0.39 is 15.8 Å². The minimum Gasteiger partial charge on any atom is -0.339 e. The largest absolute Gasteiger partial charge is 0.339 e. The maximum Gasteiger partial charge on any atom is 0.253 e. The molecule has 0 aliphatic carbocycles. The first-order valence-electron chi connectivity index (χ1n) is 10.1. The van der Waals surface area contributed by atoms with E-state index in [0.717, 1.165) is 11.1 Å². The lowest BCUT2D eigenvalue weighted by atomic mass is 10.1. The van der Waals surface area contributed by atoms with Crippen molar-refractivity contribution in [2.75, 3.05) is 13.1 Å². The average Bonchev–Trinajstić information content (AvgIpc) is 2.79. The van der Waals surface area contributed by atoms with Gasteiger partial charge in [0.05, 0.1) is 4.90 Å². The van der Waals surface area contributed by atoms with Crippen LogP contribution in [0.3, 0.4) is 0 Å². The van der Waals surface area contributed by atoms with Gasteiger partial charge in [-0.25, -0.2) is 17.5 Å². The molecule has 7 heteroatoms. The maximum atomic E-state index is 14.1. The van der Waals surface area contributed by atoms with Crippen LogP contribution in [0.2, 0.25) is 0 Å². The Labute approximate surface area is 182 Å². The Balaban J connectivity index is 1.75. The molecule has 5 nitrogen and oxygen atoms in total. The Morgan fingerprint density at radius 3 is 2.13 bits per heavy atom. The fourth-order valence-corrected chi connectivity index (χ4v) is 4.31. The van der Waals surface area contributed by atoms with Crippen LogP contribution in [0.15, 0.2) is 77.7 Å². The zero-order valence-corrected chi connectivity index (χ0v) is 18.3. The van der Waals surface area contributed by atoms with Gasteiger partial charge in [-0.2, -0.15) is 0 Å². The summed E-state index contributed by atoms with van der Waals surface area (Å²) in [6, 6.07) is 20.1. The Kier molecular flexibility index (Phi) is 7.20. The van der Waals surface area contributed by atoms with Crippen LogP contribution in [-0.2, 0) is 16.6 Å². The van der Waals surface area contributed by atoms with Crippen molar-refractivity contribution >= 4 is 15.9 Å². The number of halogens is 1. The van der Waals surface area contributed by atoms with Crippen molar-refractivity contribution < 1.29 is 17.6 Å². The number of carbonyl (C=O) groups is 1. The molecule has 0 aliphatic rings. The van der Waals surface area contributed by atoms with E-state index in [-0.39, 0.29) is 22.9 Å². The van der Waals surface area contributed by atoms with E-state index in [9.17, 15) is 17.6 Å². The van der Waals surface area contributed by atoms with E-state index in [4.69, 9.17) is 0 Å². The summed E-state index contributed by atoms with van der Waals surface area (Å²) < 4.78 is 41.9. The second-order valence-corrected chi connectivity index (χ2v) is 8.81. The number of nitrogens with zero attached hydrogens (tertiary/aromatic N) is 1. The predicted molar refractivity (Wildman–Crippen MR) is 120 cm³/mol. The van der Waals surface area contributed by atoms with E-state index in [1.807, 2.05) is 44.2 Å². The molecule has 3 aromatic rings. The molecule has 0 saturated carbocycles. The molecule has 0 aliphatic heterocycles. The molecule has 0 bridgehead atoms. The van der Waals surface area contributed by atoms with E-state index >= 15 is 0 Å². The van der Waals surface area contributed by atoms with Gasteiger partial charge in [0, 0.05) is 25.2 Å². The molecule has 0 fully saturated rings. The summed E-state index contributed by atoms with van der Waals surface area (Å²) in [5.74, 6) is -0.871. The summed E-state index contributed by atoms with van der Waals surface area (Å²) in [4.78, 5) is 14.2. The molecule has 0 radical (unpaired) electrons. The number of nitrogens with one attached hydrogen (secondary N) is 1. The topological polar surface area (TPSA) is 66.5 Å².